The summed E-state index contributed by atoms with van der Waals surface area (Å²) < 4.78 is 0.812. The molecule has 1 aromatic carbocycles. The van der Waals surface area contributed by atoms with E-state index in [1.807, 2.05) is 0 Å². The zero-order valence-corrected chi connectivity index (χ0v) is 12.0. The van der Waals surface area contributed by atoms with Gasteiger partial charge in [-0.25, -0.2) is 4.98 Å². The second kappa shape index (κ2) is 5.46. The van der Waals surface area contributed by atoms with Crippen LogP contribution in [0.2, 0.25) is 0 Å². The van der Waals surface area contributed by atoms with Gasteiger partial charge in [0.25, 0.3) is 5.91 Å². The molecule has 7 heteroatoms. The minimum absolute atomic E-state index is 0.194. The molecule has 0 bridgehead atoms. The molecule has 0 saturated carbocycles. The van der Waals surface area contributed by atoms with Crippen LogP contribution in [-0.4, -0.2) is 39.5 Å². The maximum Gasteiger partial charge on any atom is 0.323 e. The topological polar surface area (TPSA) is 96.5 Å². The minimum Gasteiger partial charge on any atom is -0.480 e. The van der Waals surface area contributed by atoms with Gasteiger partial charge in [-0.05, 0) is 32.0 Å². The number of nitrogens with zero attached hydrogens (tertiary/aromatic N) is 2. The van der Waals surface area contributed by atoms with Crippen LogP contribution >= 0.6 is 11.3 Å². The van der Waals surface area contributed by atoms with Crippen LogP contribution < -0.4 is 5.73 Å². The standard InChI is InChI=1S/C13H15N3O3S/c1-7(2)16(6-11(17)18)12(19)8-3-4-9-10(5-8)20-13(14)15-9/h3-5,7H,6H2,1-2H3,(H2,14,15)(H,17,18). The third-order valence-corrected chi connectivity index (χ3v) is 3.69. The molecule has 0 unspecified atom stereocenters. The van der Waals surface area contributed by atoms with Crippen LogP contribution in [0.5, 0.6) is 0 Å². The van der Waals surface area contributed by atoms with Gasteiger partial charge in [0.15, 0.2) is 5.13 Å². The Hall–Kier alpha value is -2.15. The molecular weight excluding hydrogens is 278 g/mol. The molecule has 0 saturated heterocycles. The average molecular weight is 293 g/mol. The predicted molar refractivity (Wildman–Crippen MR) is 77.8 cm³/mol. The molecule has 106 valence electrons. The first-order chi connectivity index (χ1) is 9.38. The number of aliphatic carboxylic acids is 1. The van der Waals surface area contributed by atoms with Gasteiger partial charge in [-0.3, -0.25) is 9.59 Å². The van der Waals surface area contributed by atoms with E-state index in [0.717, 1.165) is 10.2 Å². The summed E-state index contributed by atoms with van der Waals surface area (Å²) >= 11 is 1.30. The van der Waals surface area contributed by atoms with Crippen molar-refractivity contribution in [3.8, 4) is 0 Å². The van der Waals surface area contributed by atoms with E-state index in [-0.39, 0.29) is 18.5 Å². The predicted octanol–water partition coefficient (Wildman–Crippen LogP) is 1.81. The Bertz CT molecular complexity index is 666. The molecule has 0 aliphatic carbocycles. The second-order valence-corrected chi connectivity index (χ2v) is 5.72. The summed E-state index contributed by atoms with van der Waals surface area (Å²) in [5, 5.41) is 9.33. The number of nitrogen functional groups attached to an aromatic ring is 1. The van der Waals surface area contributed by atoms with Crippen molar-refractivity contribution in [3.05, 3.63) is 23.8 Å². The first-order valence-corrected chi connectivity index (χ1v) is 6.89. The fourth-order valence-corrected chi connectivity index (χ4v) is 2.65. The van der Waals surface area contributed by atoms with Crippen molar-refractivity contribution in [2.75, 3.05) is 12.3 Å². The lowest BCUT2D eigenvalue weighted by atomic mass is 10.1. The van der Waals surface area contributed by atoms with E-state index < -0.39 is 5.97 Å². The van der Waals surface area contributed by atoms with Crippen LogP contribution in [0.3, 0.4) is 0 Å². The molecule has 0 aliphatic rings. The zero-order valence-electron chi connectivity index (χ0n) is 11.2. The van der Waals surface area contributed by atoms with Crippen LogP contribution in [-0.2, 0) is 4.79 Å². The molecule has 1 aromatic heterocycles. The average Bonchev–Trinajstić information content (AvgIpc) is 2.73. The third kappa shape index (κ3) is 2.88. The molecule has 3 N–H and O–H groups in total. The number of carbonyl (C=O) groups is 2. The summed E-state index contributed by atoms with van der Waals surface area (Å²) in [4.78, 5) is 28.7. The van der Waals surface area contributed by atoms with Crippen LogP contribution in [0.15, 0.2) is 18.2 Å². The Morgan fingerprint density at radius 3 is 2.75 bits per heavy atom. The number of anilines is 1. The number of carbonyl (C=O) groups excluding carboxylic acids is 1. The maximum absolute atomic E-state index is 12.4. The molecule has 1 amide bonds. The molecule has 0 radical (unpaired) electrons. The van der Waals surface area contributed by atoms with Gasteiger partial charge in [0.2, 0.25) is 0 Å². The summed E-state index contributed by atoms with van der Waals surface area (Å²) in [6, 6.07) is 4.86. The van der Waals surface area contributed by atoms with E-state index in [1.165, 1.54) is 16.2 Å². The molecule has 2 rings (SSSR count). The number of carboxylic acids is 1. The van der Waals surface area contributed by atoms with Gasteiger partial charge < -0.3 is 15.7 Å². The van der Waals surface area contributed by atoms with Crippen molar-refractivity contribution in [2.24, 2.45) is 0 Å². The lowest BCUT2D eigenvalue weighted by Crippen LogP contribution is -2.40. The monoisotopic (exact) mass is 293 g/mol. The Kier molecular flexibility index (Phi) is 3.89. The SMILES string of the molecule is CC(C)N(CC(=O)O)C(=O)c1ccc2nc(N)sc2c1. The first-order valence-electron chi connectivity index (χ1n) is 6.07. The smallest absolute Gasteiger partial charge is 0.323 e. The molecule has 2 aromatic rings. The van der Waals surface area contributed by atoms with E-state index in [0.29, 0.717) is 10.7 Å². The molecule has 0 aliphatic heterocycles. The van der Waals surface area contributed by atoms with Crippen LogP contribution in [0.25, 0.3) is 10.2 Å². The summed E-state index contributed by atoms with van der Waals surface area (Å²) in [7, 11) is 0. The van der Waals surface area contributed by atoms with Gasteiger partial charge in [0, 0.05) is 11.6 Å². The normalized spacial score (nSPS) is 10.9. The van der Waals surface area contributed by atoms with Crippen LogP contribution in [0.4, 0.5) is 5.13 Å². The number of nitrogens with two attached hydrogens (primary N) is 1. The number of amides is 1. The third-order valence-electron chi connectivity index (χ3n) is 2.84. The minimum atomic E-state index is -1.03. The first kappa shape index (κ1) is 14.3. The Morgan fingerprint density at radius 2 is 2.15 bits per heavy atom. The number of benzene rings is 1. The summed E-state index contributed by atoms with van der Waals surface area (Å²) in [6.45, 7) is 3.24. The highest BCUT2D eigenvalue weighted by atomic mass is 32.1. The summed E-state index contributed by atoms with van der Waals surface area (Å²) in [6.07, 6.45) is 0. The highest BCUT2D eigenvalue weighted by molar-refractivity contribution is 7.22. The van der Waals surface area contributed by atoms with Crippen molar-refractivity contribution < 1.29 is 14.7 Å². The fourth-order valence-electron chi connectivity index (χ4n) is 1.88. The Labute approximate surface area is 119 Å². The summed E-state index contributed by atoms with van der Waals surface area (Å²) in [5.41, 5.74) is 6.80. The van der Waals surface area contributed by atoms with Gasteiger partial charge in [0.1, 0.15) is 6.54 Å². The molecule has 20 heavy (non-hydrogen) atoms. The van der Waals surface area contributed by atoms with Crippen molar-refractivity contribution in [3.63, 3.8) is 0 Å². The number of hydrogen-bond acceptors (Lipinski definition) is 5. The van der Waals surface area contributed by atoms with Crippen LogP contribution in [0.1, 0.15) is 24.2 Å². The number of rotatable bonds is 4. The van der Waals surface area contributed by atoms with Crippen molar-refractivity contribution in [1.29, 1.82) is 0 Å². The van der Waals surface area contributed by atoms with Crippen LogP contribution in [0, 0.1) is 0 Å². The van der Waals surface area contributed by atoms with Gasteiger partial charge in [-0.2, -0.15) is 0 Å². The number of carboxylic acid groups (broad SMARTS) is 1. The maximum atomic E-state index is 12.4. The van der Waals surface area contributed by atoms with E-state index in [2.05, 4.69) is 4.98 Å². The summed E-state index contributed by atoms with van der Waals surface area (Å²) in [5.74, 6) is -1.34. The number of hydrogen-bond donors (Lipinski definition) is 2. The van der Waals surface area contributed by atoms with Crippen molar-refractivity contribution >= 4 is 38.6 Å². The zero-order chi connectivity index (χ0) is 14.9. The molecular formula is C13H15N3O3S. The molecule has 0 spiro atoms. The second-order valence-electron chi connectivity index (χ2n) is 4.66. The molecule has 0 fully saturated rings. The van der Waals surface area contributed by atoms with Crippen molar-refractivity contribution in [2.45, 2.75) is 19.9 Å². The van der Waals surface area contributed by atoms with E-state index in [1.54, 1.807) is 32.0 Å². The quantitative estimate of drug-likeness (QED) is 0.896. The van der Waals surface area contributed by atoms with Gasteiger partial charge >= 0.3 is 5.97 Å². The van der Waals surface area contributed by atoms with Crippen molar-refractivity contribution in [1.82, 2.24) is 9.88 Å². The number of aromatic nitrogens is 1. The van der Waals surface area contributed by atoms with Gasteiger partial charge in [0.05, 0.1) is 10.2 Å². The van der Waals surface area contributed by atoms with Gasteiger partial charge in [-0.15, -0.1) is 0 Å². The number of fused-ring (bicyclic) bond motifs is 1. The van der Waals surface area contributed by atoms with E-state index in [4.69, 9.17) is 10.8 Å². The number of thiazole rings is 1. The van der Waals surface area contributed by atoms with Gasteiger partial charge in [-0.1, -0.05) is 11.3 Å². The molecule has 0 atom stereocenters. The Balaban J connectivity index is 2.35. The molecule has 1 heterocycles. The largest absolute Gasteiger partial charge is 0.480 e. The molecule has 6 nitrogen and oxygen atoms in total. The lowest BCUT2D eigenvalue weighted by Gasteiger charge is -2.24. The lowest BCUT2D eigenvalue weighted by molar-refractivity contribution is -0.138. The van der Waals surface area contributed by atoms with E-state index >= 15 is 0 Å². The highest BCUT2D eigenvalue weighted by Crippen LogP contribution is 2.25. The Morgan fingerprint density at radius 1 is 1.45 bits per heavy atom. The fraction of sp³-hybridized carbons (Fsp3) is 0.308. The van der Waals surface area contributed by atoms with E-state index in [9.17, 15) is 9.59 Å². The highest BCUT2D eigenvalue weighted by Gasteiger charge is 2.21.